The van der Waals surface area contributed by atoms with Crippen LogP contribution in [0.15, 0.2) is 35.1 Å². The maximum atomic E-state index is 15.1. The Kier molecular flexibility index (Phi) is 3.60. The van der Waals surface area contributed by atoms with Gasteiger partial charge in [0.05, 0.1) is 18.6 Å². The molecule has 1 saturated heterocycles. The van der Waals surface area contributed by atoms with Gasteiger partial charge in [0.2, 0.25) is 0 Å². The summed E-state index contributed by atoms with van der Waals surface area (Å²) >= 11 is 3.44. The van der Waals surface area contributed by atoms with E-state index >= 15 is 4.39 Å². The van der Waals surface area contributed by atoms with Gasteiger partial charge in [0.1, 0.15) is 6.33 Å². The predicted octanol–water partition coefficient (Wildman–Crippen LogP) is 3.04. The van der Waals surface area contributed by atoms with Crippen LogP contribution in [0.4, 0.5) is 4.39 Å². The van der Waals surface area contributed by atoms with Gasteiger partial charge in [-0.25, -0.2) is 4.39 Å². The number of halogens is 2. The Morgan fingerprint density at radius 1 is 1.50 bits per heavy atom. The number of aromatic nitrogens is 3. The molecule has 0 N–H and O–H groups in total. The van der Waals surface area contributed by atoms with Gasteiger partial charge < -0.3 is 9.30 Å². The van der Waals surface area contributed by atoms with Gasteiger partial charge in [-0.05, 0) is 24.6 Å². The van der Waals surface area contributed by atoms with Gasteiger partial charge in [-0.1, -0.05) is 28.1 Å². The largest absolute Gasteiger partial charge is 0.379 e. The van der Waals surface area contributed by atoms with Gasteiger partial charge in [0, 0.05) is 11.0 Å². The normalized spacial score (nSPS) is 18.6. The molecule has 106 valence electrons. The number of hydrogen-bond acceptors (Lipinski definition) is 3. The van der Waals surface area contributed by atoms with Crippen LogP contribution in [0, 0.1) is 0 Å². The number of rotatable bonds is 4. The first-order chi connectivity index (χ1) is 9.67. The van der Waals surface area contributed by atoms with Crippen molar-refractivity contribution in [2.45, 2.75) is 25.1 Å². The molecule has 0 aliphatic carbocycles. The molecule has 0 amide bonds. The second kappa shape index (κ2) is 5.26. The summed E-state index contributed by atoms with van der Waals surface area (Å²) in [6.45, 7) is 3.32. The molecule has 2 heterocycles. The van der Waals surface area contributed by atoms with Crippen molar-refractivity contribution in [3.8, 4) is 0 Å². The van der Waals surface area contributed by atoms with E-state index in [4.69, 9.17) is 4.74 Å². The van der Waals surface area contributed by atoms with Crippen molar-refractivity contribution in [3.05, 3.63) is 46.5 Å². The van der Waals surface area contributed by atoms with Crippen molar-refractivity contribution < 1.29 is 9.13 Å². The van der Waals surface area contributed by atoms with Crippen LogP contribution in [-0.4, -0.2) is 28.0 Å². The highest BCUT2D eigenvalue weighted by atomic mass is 79.9. The summed E-state index contributed by atoms with van der Waals surface area (Å²) in [7, 11) is 0. The molecule has 1 aliphatic rings. The van der Waals surface area contributed by atoms with Gasteiger partial charge >= 0.3 is 0 Å². The molecule has 4 nitrogen and oxygen atoms in total. The summed E-state index contributed by atoms with van der Waals surface area (Å²) in [6, 6.07) is 7.73. The molecule has 1 fully saturated rings. The third kappa shape index (κ3) is 2.07. The first-order valence-electron chi connectivity index (χ1n) is 6.53. The Bertz CT molecular complexity index is 612. The number of hydrogen-bond donors (Lipinski definition) is 0. The van der Waals surface area contributed by atoms with Crippen LogP contribution in [-0.2, 0) is 16.7 Å². The molecule has 0 bridgehead atoms. The zero-order valence-corrected chi connectivity index (χ0v) is 12.7. The molecule has 3 rings (SSSR count). The van der Waals surface area contributed by atoms with Crippen LogP contribution in [0.2, 0.25) is 0 Å². The Morgan fingerprint density at radius 2 is 2.30 bits per heavy atom. The monoisotopic (exact) mass is 339 g/mol. The van der Waals surface area contributed by atoms with Gasteiger partial charge in [-0.2, -0.15) is 0 Å². The lowest BCUT2D eigenvalue weighted by atomic mass is 9.74. The van der Waals surface area contributed by atoms with E-state index < -0.39 is 11.6 Å². The molecule has 0 spiro atoms. The molecule has 1 unspecified atom stereocenters. The first-order valence-corrected chi connectivity index (χ1v) is 7.32. The van der Waals surface area contributed by atoms with E-state index in [0.29, 0.717) is 25.6 Å². The van der Waals surface area contributed by atoms with Crippen LogP contribution >= 0.6 is 15.9 Å². The molecule has 1 aliphatic heterocycles. The SMILES string of the molecule is CCn1cnnc1C(F)C1(c2cccc(Br)c2)COC1. The molecule has 2 aromatic rings. The minimum atomic E-state index is -1.23. The molecule has 1 atom stereocenters. The Balaban J connectivity index is 2.01. The van der Waals surface area contributed by atoms with Crippen LogP contribution in [0.25, 0.3) is 0 Å². The van der Waals surface area contributed by atoms with Crippen molar-refractivity contribution in [2.24, 2.45) is 0 Å². The second-order valence-electron chi connectivity index (χ2n) is 5.00. The minimum absolute atomic E-state index is 0.362. The van der Waals surface area contributed by atoms with E-state index in [0.717, 1.165) is 10.0 Å². The van der Waals surface area contributed by atoms with Crippen LogP contribution < -0.4 is 0 Å². The maximum Gasteiger partial charge on any atom is 0.174 e. The van der Waals surface area contributed by atoms with Gasteiger partial charge in [0.15, 0.2) is 12.0 Å². The topological polar surface area (TPSA) is 39.9 Å². The predicted molar refractivity (Wildman–Crippen MR) is 76.2 cm³/mol. The lowest BCUT2D eigenvalue weighted by molar-refractivity contribution is -0.102. The molecule has 0 saturated carbocycles. The summed E-state index contributed by atoms with van der Waals surface area (Å²) in [5.74, 6) is 0.371. The highest BCUT2D eigenvalue weighted by Crippen LogP contribution is 2.45. The van der Waals surface area contributed by atoms with Gasteiger partial charge in [0.25, 0.3) is 0 Å². The molecular weight excluding hydrogens is 325 g/mol. The minimum Gasteiger partial charge on any atom is -0.379 e. The first kappa shape index (κ1) is 13.7. The van der Waals surface area contributed by atoms with Crippen molar-refractivity contribution in [1.29, 1.82) is 0 Å². The number of nitrogens with zero attached hydrogens (tertiary/aromatic N) is 3. The van der Waals surface area contributed by atoms with Crippen LogP contribution in [0.3, 0.4) is 0 Å². The average Bonchev–Trinajstić information content (AvgIpc) is 2.85. The van der Waals surface area contributed by atoms with Crippen molar-refractivity contribution >= 4 is 15.9 Å². The standard InChI is InChI=1S/C14H15BrFN3O/c1-2-19-9-17-18-13(19)12(16)14(7-20-8-14)10-4-3-5-11(15)6-10/h3-6,9,12H,2,7-8H2,1H3. The van der Waals surface area contributed by atoms with Crippen LogP contribution in [0.1, 0.15) is 24.5 Å². The summed E-state index contributed by atoms with van der Waals surface area (Å²) in [4.78, 5) is 0. The molecule has 0 radical (unpaired) electrons. The van der Waals surface area contributed by atoms with Gasteiger partial charge in [-0.15, -0.1) is 10.2 Å². The number of ether oxygens (including phenoxy) is 1. The van der Waals surface area contributed by atoms with Crippen molar-refractivity contribution in [2.75, 3.05) is 13.2 Å². The van der Waals surface area contributed by atoms with E-state index in [1.54, 1.807) is 10.9 Å². The Labute approximate surface area is 125 Å². The summed E-state index contributed by atoms with van der Waals surface area (Å²) in [5, 5.41) is 7.77. The molecule has 1 aromatic carbocycles. The summed E-state index contributed by atoms with van der Waals surface area (Å²) in [5.41, 5.74) is 0.264. The second-order valence-corrected chi connectivity index (χ2v) is 5.91. The zero-order valence-electron chi connectivity index (χ0n) is 11.1. The molecule has 1 aromatic heterocycles. The lowest BCUT2D eigenvalue weighted by Gasteiger charge is -2.43. The third-order valence-electron chi connectivity index (χ3n) is 3.82. The number of benzene rings is 1. The Morgan fingerprint density at radius 3 is 2.90 bits per heavy atom. The highest BCUT2D eigenvalue weighted by molar-refractivity contribution is 9.10. The number of aryl methyl sites for hydroxylation is 1. The molecular formula is C14H15BrFN3O. The van der Waals surface area contributed by atoms with Crippen molar-refractivity contribution in [3.63, 3.8) is 0 Å². The fourth-order valence-electron chi connectivity index (χ4n) is 2.53. The zero-order chi connectivity index (χ0) is 14.2. The smallest absolute Gasteiger partial charge is 0.174 e. The quantitative estimate of drug-likeness (QED) is 0.859. The Hall–Kier alpha value is -1.27. The third-order valence-corrected chi connectivity index (χ3v) is 4.31. The highest BCUT2D eigenvalue weighted by Gasteiger charge is 2.50. The average molecular weight is 340 g/mol. The summed E-state index contributed by atoms with van der Waals surface area (Å²) in [6.07, 6.45) is 0.337. The van der Waals surface area contributed by atoms with E-state index in [-0.39, 0.29) is 0 Å². The van der Waals surface area contributed by atoms with E-state index in [2.05, 4.69) is 26.1 Å². The molecule has 20 heavy (non-hydrogen) atoms. The van der Waals surface area contributed by atoms with E-state index in [1.165, 1.54) is 0 Å². The fourth-order valence-corrected chi connectivity index (χ4v) is 2.93. The fraction of sp³-hybridized carbons (Fsp3) is 0.429. The van der Waals surface area contributed by atoms with E-state index in [9.17, 15) is 0 Å². The van der Waals surface area contributed by atoms with E-state index in [1.807, 2.05) is 31.2 Å². The maximum absolute atomic E-state index is 15.1. The lowest BCUT2D eigenvalue weighted by Crippen LogP contribution is -2.50. The molecule has 6 heteroatoms. The van der Waals surface area contributed by atoms with Gasteiger partial charge in [-0.3, -0.25) is 0 Å². The number of alkyl halides is 1. The van der Waals surface area contributed by atoms with Crippen LogP contribution in [0.5, 0.6) is 0 Å². The van der Waals surface area contributed by atoms with Crippen molar-refractivity contribution in [1.82, 2.24) is 14.8 Å². The summed E-state index contributed by atoms with van der Waals surface area (Å²) < 4.78 is 23.1.